The van der Waals surface area contributed by atoms with Crippen molar-refractivity contribution < 1.29 is 4.74 Å². The van der Waals surface area contributed by atoms with Crippen LogP contribution in [0.25, 0.3) is 0 Å². The minimum Gasteiger partial charge on any atom is -0.438 e. The van der Waals surface area contributed by atoms with Crippen LogP contribution < -0.4 is 15.8 Å². The van der Waals surface area contributed by atoms with Gasteiger partial charge in [0.25, 0.3) is 0 Å². The van der Waals surface area contributed by atoms with Crippen LogP contribution in [0.15, 0.2) is 24.3 Å². The molecule has 112 valence electrons. The van der Waals surface area contributed by atoms with Gasteiger partial charge in [0, 0.05) is 18.7 Å². The number of anilines is 2. The summed E-state index contributed by atoms with van der Waals surface area (Å²) in [4.78, 5) is 8.19. The van der Waals surface area contributed by atoms with Crippen molar-refractivity contribution in [2.75, 3.05) is 18.1 Å². The zero-order chi connectivity index (χ0) is 15.6. The predicted molar refractivity (Wildman–Crippen MR) is 85.9 cm³/mol. The second-order valence-corrected chi connectivity index (χ2v) is 6.05. The molecule has 0 aliphatic heterocycles. The Bertz CT molecular complexity index is 647. The number of aryl methyl sites for hydroxylation is 1. The first-order valence-electron chi connectivity index (χ1n) is 6.91. The van der Waals surface area contributed by atoms with Crippen molar-refractivity contribution in [2.45, 2.75) is 33.1 Å². The number of benzene rings is 1. The van der Waals surface area contributed by atoms with E-state index >= 15 is 0 Å². The van der Waals surface area contributed by atoms with Crippen LogP contribution in [-0.4, -0.2) is 17.0 Å². The van der Waals surface area contributed by atoms with Gasteiger partial charge in [-0.3, -0.25) is 0 Å². The second kappa shape index (κ2) is 5.60. The van der Waals surface area contributed by atoms with Crippen molar-refractivity contribution in [2.24, 2.45) is 0 Å². The third kappa shape index (κ3) is 3.62. The average molecular weight is 286 g/mol. The highest BCUT2D eigenvalue weighted by molar-refractivity contribution is 5.46. The minimum absolute atomic E-state index is 0.0204. The molecule has 2 rings (SSSR count). The molecular weight excluding hydrogens is 264 g/mol. The molecule has 1 aromatic carbocycles. The molecule has 1 heterocycles. The van der Waals surface area contributed by atoms with Gasteiger partial charge in [-0.05, 0) is 24.0 Å². The number of ether oxygens (including phenoxy) is 1. The van der Waals surface area contributed by atoms with E-state index < -0.39 is 0 Å². The van der Waals surface area contributed by atoms with E-state index in [9.17, 15) is 0 Å². The largest absolute Gasteiger partial charge is 0.438 e. The Morgan fingerprint density at radius 3 is 2.48 bits per heavy atom. The number of nitrogen functional groups attached to an aromatic ring is 1. The molecule has 2 aromatic rings. The highest BCUT2D eigenvalue weighted by Crippen LogP contribution is 2.34. The summed E-state index contributed by atoms with van der Waals surface area (Å²) in [6.45, 7) is 8.49. The summed E-state index contributed by atoms with van der Waals surface area (Å²) in [7, 11) is 1.78. The number of hydrogen-bond acceptors (Lipinski definition) is 5. The maximum absolute atomic E-state index is 5.97. The van der Waals surface area contributed by atoms with Crippen LogP contribution in [0.2, 0.25) is 0 Å². The van der Waals surface area contributed by atoms with Crippen LogP contribution in [0, 0.1) is 6.92 Å². The third-order valence-corrected chi connectivity index (χ3v) is 3.14. The first-order chi connectivity index (χ1) is 9.79. The molecule has 1 aromatic heterocycles. The lowest BCUT2D eigenvalue weighted by Crippen LogP contribution is -2.13. The van der Waals surface area contributed by atoms with Crippen LogP contribution in [0.3, 0.4) is 0 Å². The SMILES string of the molecule is CNc1cc(Oc2cc(C)ccc2C(C)(C)C)nc(N)n1. The first kappa shape index (κ1) is 15.1. The van der Waals surface area contributed by atoms with E-state index in [1.807, 2.05) is 13.0 Å². The molecule has 0 bridgehead atoms. The summed E-state index contributed by atoms with van der Waals surface area (Å²) in [5, 5.41) is 2.94. The molecule has 5 heteroatoms. The summed E-state index contributed by atoms with van der Waals surface area (Å²) >= 11 is 0. The molecule has 0 unspecified atom stereocenters. The Hall–Kier alpha value is -2.30. The van der Waals surface area contributed by atoms with Crippen molar-refractivity contribution in [1.82, 2.24) is 9.97 Å². The van der Waals surface area contributed by atoms with Gasteiger partial charge >= 0.3 is 0 Å². The Morgan fingerprint density at radius 2 is 1.86 bits per heavy atom. The Labute approximate surface area is 125 Å². The average Bonchev–Trinajstić information content (AvgIpc) is 2.36. The van der Waals surface area contributed by atoms with Gasteiger partial charge < -0.3 is 15.8 Å². The number of aromatic nitrogens is 2. The highest BCUT2D eigenvalue weighted by atomic mass is 16.5. The van der Waals surface area contributed by atoms with E-state index in [1.54, 1.807) is 13.1 Å². The fourth-order valence-corrected chi connectivity index (χ4v) is 2.07. The van der Waals surface area contributed by atoms with Crippen LogP contribution in [0.1, 0.15) is 31.9 Å². The number of nitrogens with zero attached hydrogens (tertiary/aromatic N) is 2. The molecule has 0 saturated heterocycles. The van der Waals surface area contributed by atoms with Gasteiger partial charge in [-0.15, -0.1) is 0 Å². The Balaban J connectivity index is 2.44. The number of hydrogen-bond donors (Lipinski definition) is 2. The maximum Gasteiger partial charge on any atom is 0.226 e. The summed E-state index contributed by atoms with van der Waals surface area (Å²) in [5.74, 6) is 2.04. The van der Waals surface area contributed by atoms with Crippen molar-refractivity contribution in [3.8, 4) is 11.6 Å². The van der Waals surface area contributed by atoms with E-state index in [1.165, 1.54) is 0 Å². The lowest BCUT2D eigenvalue weighted by Gasteiger charge is -2.23. The number of rotatable bonds is 3. The fraction of sp³-hybridized carbons (Fsp3) is 0.375. The van der Waals surface area contributed by atoms with Gasteiger partial charge in [0.2, 0.25) is 11.8 Å². The molecule has 0 amide bonds. The monoisotopic (exact) mass is 286 g/mol. The van der Waals surface area contributed by atoms with E-state index in [0.29, 0.717) is 11.7 Å². The molecule has 0 saturated carbocycles. The standard InChI is InChI=1S/C16H22N4O/c1-10-6-7-11(16(2,3)4)12(8-10)21-14-9-13(18-5)19-15(17)20-14/h6-9H,1-5H3,(H3,17,18,19,20). The Morgan fingerprint density at radius 1 is 1.14 bits per heavy atom. The molecule has 0 aliphatic carbocycles. The molecule has 0 atom stereocenters. The van der Waals surface area contributed by atoms with Crippen LogP contribution >= 0.6 is 0 Å². The van der Waals surface area contributed by atoms with Gasteiger partial charge in [-0.25, -0.2) is 0 Å². The summed E-state index contributed by atoms with van der Waals surface area (Å²) < 4.78 is 5.97. The topological polar surface area (TPSA) is 73.1 Å². The molecule has 0 spiro atoms. The van der Waals surface area contributed by atoms with Crippen LogP contribution in [0.5, 0.6) is 11.6 Å². The molecule has 0 fully saturated rings. The van der Waals surface area contributed by atoms with E-state index in [4.69, 9.17) is 10.5 Å². The van der Waals surface area contributed by atoms with Gasteiger partial charge in [0.15, 0.2) is 0 Å². The minimum atomic E-state index is -0.0204. The van der Waals surface area contributed by atoms with E-state index in [-0.39, 0.29) is 11.4 Å². The molecule has 0 radical (unpaired) electrons. The molecule has 5 nitrogen and oxygen atoms in total. The van der Waals surface area contributed by atoms with E-state index in [0.717, 1.165) is 16.9 Å². The van der Waals surface area contributed by atoms with Crippen molar-refractivity contribution >= 4 is 11.8 Å². The van der Waals surface area contributed by atoms with Gasteiger partial charge in [-0.2, -0.15) is 9.97 Å². The maximum atomic E-state index is 5.97. The van der Waals surface area contributed by atoms with E-state index in [2.05, 4.69) is 48.2 Å². The van der Waals surface area contributed by atoms with Crippen LogP contribution in [-0.2, 0) is 5.41 Å². The predicted octanol–water partition coefficient (Wildman–Crippen LogP) is 3.50. The molecule has 3 N–H and O–H groups in total. The highest BCUT2D eigenvalue weighted by Gasteiger charge is 2.20. The number of nitrogens with one attached hydrogen (secondary N) is 1. The first-order valence-corrected chi connectivity index (χ1v) is 6.91. The lowest BCUT2D eigenvalue weighted by molar-refractivity contribution is 0.439. The molecule has 21 heavy (non-hydrogen) atoms. The molecule has 0 aliphatic rings. The van der Waals surface area contributed by atoms with Crippen molar-refractivity contribution in [1.29, 1.82) is 0 Å². The smallest absolute Gasteiger partial charge is 0.226 e. The van der Waals surface area contributed by atoms with Gasteiger partial charge in [0.05, 0.1) is 0 Å². The quantitative estimate of drug-likeness (QED) is 0.903. The zero-order valence-corrected chi connectivity index (χ0v) is 13.2. The lowest BCUT2D eigenvalue weighted by atomic mass is 9.86. The summed E-state index contributed by atoms with van der Waals surface area (Å²) in [6, 6.07) is 7.91. The van der Waals surface area contributed by atoms with Gasteiger partial charge in [-0.1, -0.05) is 32.9 Å². The molecular formula is C16H22N4O. The number of nitrogens with two attached hydrogens (primary N) is 1. The zero-order valence-electron chi connectivity index (χ0n) is 13.2. The normalized spacial score (nSPS) is 11.3. The fourth-order valence-electron chi connectivity index (χ4n) is 2.07. The Kier molecular flexibility index (Phi) is 4.02. The second-order valence-electron chi connectivity index (χ2n) is 6.05. The summed E-state index contributed by atoms with van der Waals surface area (Å²) in [5.41, 5.74) is 7.93. The van der Waals surface area contributed by atoms with Crippen molar-refractivity contribution in [3.63, 3.8) is 0 Å². The van der Waals surface area contributed by atoms with Crippen molar-refractivity contribution in [3.05, 3.63) is 35.4 Å². The van der Waals surface area contributed by atoms with Crippen LogP contribution in [0.4, 0.5) is 11.8 Å². The van der Waals surface area contributed by atoms with Gasteiger partial charge in [0.1, 0.15) is 11.6 Å². The third-order valence-electron chi connectivity index (χ3n) is 3.14. The summed E-state index contributed by atoms with van der Waals surface area (Å²) in [6.07, 6.45) is 0.